The zero-order chi connectivity index (χ0) is 12.3. The molecule has 4 nitrogen and oxygen atoms in total. The van der Waals surface area contributed by atoms with Gasteiger partial charge in [0.2, 0.25) is 0 Å². The summed E-state index contributed by atoms with van der Waals surface area (Å²) in [5, 5.41) is 0. The Hall–Kier alpha value is -1.62. The number of nitrogens with zero attached hydrogens (tertiary/aromatic N) is 2. The molecule has 2 rings (SSSR count). The highest BCUT2D eigenvalue weighted by molar-refractivity contribution is 7.88. The van der Waals surface area contributed by atoms with Gasteiger partial charge >= 0.3 is 10.2 Å². The van der Waals surface area contributed by atoms with Gasteiger partial charge in [-0.15, -0.1) is 4.40 Å². The van der Waals surface area contributed by atoms with Crippen molar-refractivity contribution in [1.82, 2.24) is 4.31 Å². The molecule has 0 N–H and O–H groups in total. The Bertz CT molecular complexity index is 547. The first kappa shape index (κ1) is 11.9. The van der Waals surface area contributed by atoms with Crippen molar-refractivity contribution in [2.24, 2.45) is 4.40 Å². The molecule has 5 heteroatoms. The second-order valence-corrected chi connectivity index (χ2v) is 5.31. The van der Waals surface area contributed by atoms with Crippen LogP contribution in [0.15, 0.2) is 47.0 Å². The predicted octanol–water partition coefficient (Wildman–Crippen LogP) is 2.11. The van der Waals surface area contributed by atoms with Gasteiger partial charge in [0.05, 0.1) is 12.3 Å². The van der Waals surface area contributed by atoms with Gasteiger partial charge in [-0.25, -0.2) is 0 Å². The van der Waals surface area contributed by atoms with Crippen LogP contribution in [0.2, 0.25) is 0 Å². The molecule has 1 aliphatic heterocycles. The lowest BCUT2D eigenvalue weighted by atomic mass is 10.2. The van der Waals surface area contributed by atoms with E-state index in [9.17, 15) is 8.42 Å². The minimum atomic E-state index is -3.55. The van der Waals surface area contributed by atoms with Crippen LogP contribution < -0.4 is 0 Å². The summed E-state index contributed by atoms with van der Waals surface area (Å²) in [7, 11) is -3.55. The third-order valence-corrected chi connectivity index (χ3v) is 3.81. The lowest BCUT2D eigenvalue weighted by Crippen LogP contribution is -2.27. The molecular weight excluding hydrogens is 236 g/mol. The molecule has 1 aliphatic rings. The van der Waals surface area contributed by atoms with Crippen LogP contribution in [0.1, 0.15) is 18.9 Å². The fourth-order valence-corrected chi connectivity index (χ4v) is 2.68. The van der Waals surface area contributed by atoms with E-state index in [1.807, 2.05) is 37.3 Å². The standard InChI is InChI=1S/C12H14N2O2S/c1-2-12-8-9-14(17(15,16)13-12)10-11-6-4-3-5-7-11/h3-9H,2,10H2,1H3. The monoisotopic (exact) mass is 250 g/mol. The number of rotatable bonds is 3. The summed E-state index contributed by atoms with van der Waals surface area (Å²) < 4.78 is 28.7. The van der Waals surface area contributed by atoms with Crippen molar-refractivity contribution in [3.8, 4) is 0 Å². The van der Waals surface area contributed by atoms with Gasteiger partial charge in [-0.2, -0.15) is 8.42 Å². The van der Waals surface area contributed by atoms with Crippen molar-refractivity contribution in [2.45, 2.75) is 19.9 Å². The average molecular weight is 250 g/mol. The molecule has 0 amide bonds. The summed E-state index contributed by atoms with van der Waals surface area (Å²) in [6.45, 7) is 2.20. The molecule has 0 bridgehead atoms. The van der Waals surface area contributed by atoms with E-state index < -0.39 is 10.2 Å². The van der Waals surface area contributed by atoms with Crippen molar-refractivity contribution in [1.29, 1.82) is 0 Å². The molecule has 0 radical (unpaired) electrons. The Morgan fingerprint density at radius 3 is 2.53 bits per heavy atom. The fourth-order valence-electron chi connectivity index (χ4n) is 1.56. The second kappa shape index (κ2) is 4.71. The maximum atomic E-state index is 11.8. The molecule has 0 saturated carbocycles. The SMILES string of the molecule is CCC1=NS(=O)(=O)N(Cc2ccccc2)C=C1. The molecule has 1 heterocycles. The largest absolute Gasteiger partial charge is 0.344 e. The maximum absolute atomic E-state index is 11.8. The summed E-state index contributed by atoms with van der Waals surface area (Å²) in [6, 6.07) is 9.45. The van der Waals surface area contributed by atoms with Gasteiger partial charge in [-0.1, -0.05) is 37.3 Å². The molecule has 1 aromatic carbocycles. The van der Waals surface area contributed by atoms with Crippen LogP contribution in [0.25, 0.3) is 0 Å². The highest BCUT2D eigenvalue weighted by atomic mass is 32.2. The van der Waals surface area contributed by atoms with Gasteiger partial charge in [0.25, 0.3) is 0 Å². The van der Waals surface area contributed by atoms with E-state index in [0.717, 1.165) is 5.56 Å². The minimum absolute atomic E-state index is 0.320. The Labute approximate surface area is 101 Å². The van der Waals surface area contributed by atoms with Gasteiger partial charge in [0.1, 0.15) is 0 Å². The molecule has 0 fully saturated rings. The highest BCUT2D eigenvalue weighted by Gasteiger charge is 2.21. The van der Waals surface area contributed by atoms with Crippen LogP contribution >= 0.6 is 0 Å². The lowest BCUT2D eigenvalue weighted by molar-refractivity contribution is 0.495. The smallest absolute Gasteiger partial charge is 0.254 e. The van der Waals surface area contributed by atoms with E-state index >= 15 is 0 Å². The molecule has 0 aromatic heterocycles. The number of hydrogen-bond donors (Lipinski definition) is 0. The summed E-state index contributed by atoms with van der Waals surface area (Å²) in [4.78, 5) is 0. The summed E-state index contributed by atoms with van der Waals surface area (Å²) in [5.41, 5.74) is 1.53. The Morgan fingerprint density at radius 1 is 1.24 bits per heavy atom. The Kier molecular flexibility index (Phi) is 3.28. The highest BCUT2D eigenvalue weighted by Crippen LogP contribution is 2.15. The molecule has 0 atom stereocenters. The topological polar surface area (TPSA) is 49.7 Å². The van der Waals surface area contributed by atoms with Gasteiger partial charge < -0.3 is 0 Å². The summed E-state index contributed by atoms with van der Waals surface area (Å²) in [6.07, 6.45) is 3.94. The van der Waals surface area contributed by atoms with Crippen LogP contribution in [0, 0.1) is 0 Å². The number of allylic oxidation sites excluding steroid dienone is 1. The van der Waals surface area contributed by atoms with Crippen LogP contribution in [0.3, 0.4) is 0 Å². The van der Waals surface area contributed by atoms with Crippen molar-refractivity contribution in [2.75, 3.05) is 0 Å². The van der Waals surface area contributed by atoms with Crippen molar-refractivity contribution >= 4 is 15.9 Å². The van der Waals surface area contributed by atoms with Crippen LogP contribution in [-0.2, 0) is 16.8 Å². The number of hydrogen-bond acceptors (Lipinski definition) is 2. The normalized spacial score (nSPS) is 17.9. The first-order valence-electron chi connectivity index (χ1n) is 5.44. The summed E-state index contributed by atoms with van der Waals surface area (Å²) >= 11 is 0. The zero-order valence-electron chi connectivity index (χ0n) is 9.57. The van der Waals surface area contributed by atoms with Crippen LogP contribution in [-0.4, -0.2) is 18.4 Å². The Balaban J connectivity index is 2.20. The maximum Gasteiger partial charge on any atom is 0.344 e. The molecule has 0 spiro atoms. The Morgan fingerprint density at radius 2 is 1.94 bits per heavy atom. The van der Waals surface area contributed by atoms with Crippen LogP contribution in [0.4, 0.5) is 0 Å². The predicted molar refractivity (Wildman–Crippen MR) is 67.8 cm³/mol. The van der Waals surface area contributed by atoms with Gasteiger partial charge in [-0.05, 0) is 18.1 Å². The average Bonchev–Trinajstić information content (AvgIpc) is 2.33. The molecule has 0 aliphatic carbocycles. The molecule has 0 saturated heterocycles. The first-order valence-corrected chi connectivity index (χ1v) is 6.84. The molecule has 0 unspecified atom stereocenters. The second-order valence-electron chi connectivity index (χ2n) is 3.76. The summed E-state index contributed by atoms with van der Waals surface area (Å²) in [5.74, 6) is 0. The van der Waals surface area contributed by atoms with E-state index in [-0.39, 0.29) is 0 Å². The van der Waals surface area contributed by atoms with E-state index in [2.05, 4.69) is 4.40 Å². The van der Waals surface area contributed by atoms with Crippen molar-refractivity contribution in [3.63, 3.8) is 0 Å². The zero-order valence-corrected chi connectivity index (χ0v) is 10.4. The first-order chi connectivity index (χ1) is 8.12. The number of benzene rings is 1. The molecule has 17 heavy (non-hydrogen) atoms. The van der Waals surface area contributed by atoms with E-state index in [1.54, 1.807) is 12.3 Å². The minimum Gasteiger partial charge on any atom is -0.254 e. The molecular formula is C12H14N2O2S. The van der Waals surface area contributed by atoms with Gasteiger partial charge in [0.15, 0.2) is 0 Å². The van der Waals surface area contributed by atoms with Crippen LogP contribution in [0.5, 0.6) is 0 Å². The van der Waals surface area contributed by atoms with E-state index in [1.165, 1.54) is 4.31 Å². The molecule has 90 valence electrons. The quantitative estimate of drug-likeness (QED) is 0.825. The van der Waals surface area contributed by atoms with Gasteiger partial charge in [0, 0.05) is 6.20 Å². The lowest BCUT2D eigenvalue weighted by Gasteiger charge is -2.20. The fraction of sp³-hybridized carbons (Fsp3) is 0.250. The third kappa shape index (κ3) is 2.74. The van der Waals surface area contributed by atoms with Gasteiger partial charge in [-0.3, -0.25) is 4.31 Å². The third-order valence-electron chi connectivity index (χ3n) is 2.51. The van der Waals surface area contributed by atoms with Crippen molar-refractivity contribution in [3.05, 3.63) is 48.2 Å². The van der Waals surface area contributed by atoms with E-state index in [4.69, 9.17) is 0 Å². The van der Waals surface area contributed by atoms with Crippen molar-refractivity contribution < 1.29 is 8.42 Å². The van der Waals surface area contributed by atoms with E-state index in [0.29, 0.717) is 18.7 Å². The molecule has 1 aromatic rings.